The number of benzene rings is 1. The van der Waals surface area contributed by atoms with Crippen molar-refractivity contribution in [2.45, 2.75) is 38.9 Å². The molecule has 1 aromatic heterocycles. The van der Waals surface area contributed by atoms with Gasteiger partial charge in [0.15, 0.2) is 0 Å². The van der Waals surface area contributed by atoms with Crippen molar-refractivity contribution >= 4 is 23.1 Å². The van der Waals surface area contributed by atoms with E-state index in [2.05, 4.69) is 10.3 Å². The lowest BCUT2D eigenvalue weighted by Gasteiger charge is -2.35. The van der Waals surface area contributed by atoms with Gasteiger partial charge in [0.25, 0.3) is 0 Å². The highest BCUT2D eigenvalue weighted by Gasteiger charge is 2.41. The Hall–Kier alpha value is -3.28. The van der Waals surface area contributed by atoms with E-state index in [1.807, 2.05) is 25.1 Å². The third kappa shape index (κ3) is 3.67. The average Bonchev–Trinajstić information content (AvgIpc) is 3.21. The fourth-order valence-corrected chi connectivity index (χ4v) is 4.40. The van der Waals surface area contributed by atoms with E-state index in [9.17, 15) is 23.2 Å². The normalized spacial score (nSPS) is 18.4. The summed E-state index contributed by atoms with van der Waals surface area (Å²) in [6.45, 7) is 4.82. The maximum absolute atomic E-state index is 13.6. The Labute approximate surface area is 178 Å². The summed E-state index contributed by atoms with van der Waals surface area (Å²) in [6.07, 6.45) is -3.56. The van der Waals surface area contributed by atoms with Gasteiger partial charge in [-0.2, -0.15) is 18.4 Å². The largest absolute Gasteiger partial charge is 0.417 e. The van der Waals surface area contributed by atoms with Crippen molar-refractivity contribution in [1.29, 1.82) is 5.26 Å². The highest BCUT2D eigenvalue weighted by Crippen LogP contribution is 2.39. The standard InChI is InChI=1S/C22H22F3N5O/c1-13-5-3-6-17-19(13)27-8-10-30(17)21(31)18-7-4-9-29(18)20-15(12-26)16(22(23,24)25)11-14(2)28-20/h3,5-6,11,18,27H,4,7-10H2,1-2H3/t18-/m0/s1. The fourth-order valence-electron chi connectivity index (χ4n) is 4.40. The molecule has 0 saturated carbocycles. The summed E-state index contributed by atoms with van der Waals surface area (Å²) >= 11 is 0. The number of amides is 1. The van der Waals surface area contributed by atoms with Crippen LogP contribution in [0.2, 0.25) is 0 Å². The number of nitrogens with zero attached hydrogens (tertiary/aromatic N) is 4. The second kappa shape index (κ2) is 7.76. The van der Waals surface area contributed by atoms with Gasteiger partial charge in [-0.1, -0.05) is 12.1 Å². The molecule has 1 atom stereocenters. The monoisotopic (exact) mass is 429 g/mol. The molecule has 4 rings (SSSR count). The molecule has 0 radical (unpaired) electrons. The number of aromatic nitrogens is 1. The first-order chi connectivity index (χ1) is 14.7. The van der Waals surface area contributed by atoms with Crippen molar-refractivity contribution in [3.8, 4) is 6.07 Å². The van der Waals surface area contributed by atoms with E-state index < -0.39 is 23.3 Å². The minimum absolute atomic E-state index is 0.0646. The molecule has 1 N–H and O–H groups in total. The van der Waals surface area contributed by atoms with Gasteiger partial charge in [0, 0.05) is 25.3 Å². The van der Waals surface area contributed by atoms with Gasteiger partial charge in [-0.25, -0.2) is 4.98 Å². The van der Waals surface area contributed by atoms with E-state index in [4.69, 9.17) is 0 Å². The number of anilines is 3. The predicted molar refractivity (Wildman–Crippen MR) is 111 cm³/mol. The Bertz CT molecular complexity index is 1080. The van der Waals surface area contributed by atoms with Gasteiger partial charge in [0.05, 0.1) is 16.9 Å². The number of hydrogen-bond acceptors (Lipinski definition) is 5. The molecular formula is C22H22F3N5O. The van der Waals surface area contributed by atoms with Crippen LogP contribution in [0.1, 0.15) is 35.2 Å². The van der Waals surface area contributed by atoms with E-state index in [0.717, 1.165) is 23.0 Å². The molecule has 162 valence electrons. The third-order valence-electron chi connectivity index (χ3n) is 5.80. The molecule has 2 aliphatic rings. The lowest BCUT2D eigenvalue weighted by atomic mass is 10.1. The molecule has 1 saturated heterocycles. The van der Waals surface area contributed by atoms with Crippen molar-refractivity contribution in [1.82, 2.24) is 4.98 Å². The van der Waals surface area contributed by atoms with Crippen molar-refractivity contribution in [3.05, 3.63) is 46.6 Å². The second-order valence-electron chi connectivity index (χ2n) is 7.86. The molecule has 2 aliphatic heterocycles. The average molecular weight is 429 g/mol. The number of carbonyl (C=O) groups excluding carboxylic acids is 1. The Kier molecular flexibility index (Phi) is 5.25. The van der Waals surface area contributed by atoms with Crippen molar-refractivity contribution < 1.29 is 18.0 Å². The van der Waals surface area contributed by atoms with Crippen LogP contribution in [0.15, 0.2) is 24.3 Å². The lowest BCUT2D eigenvalue weighted by Crippen LogP contribution is -2.49. The molecule has 2 aromatic rings. The molecule has 3 heterocycles. The molecule has 0 aliphatic carbocycles. The van der Waals surface area contributed by atoms with Crippen LogP contribution in [0.3, 0.4) is 0 Å². The zero-order valence-corrected chi connectivity index (χ0v) is 17.3. The molecule has 0 spiro atoms. The smallest absolute Gasteiger partial charge is 0.381 e. The second-order valence-corrected chi connectivity index (χ2v) is 7.86. The predicted octanol–water partition coefficient (Wildman–Crippen LogP) is 4.02. The van der Waals surface area contributed by atoms with Gasteiger partial charge < -0.3 is 15.1 Å². The number of hydrogen-bond donors (Lipinski definition) is 1. The van der Waals surface area contributed by atoms with Gasteiger partial charge in [0.2, 0.25) is 5.91 Å². The molecular weight excluding hydrogens is 407 g/mol. The highest BCUT2D eigenvalue weighted by atomic mass is 19.4. The number of carbonyl (C=O) groups is 1. The molecule has 6 nitrogen and oxygen atoms in total. The summed E-state index contributed by atoms with van der Waals surface area (Å²) in [5.41, 5.74) is 1.27. The van der Waals surface area contributed by atoms with Crippen LogP contribution in [0.4, 0.5) is 30.4 Å². The van der Waals surface area contributed by atoms with Crippen LogP contribution >= 0.6 is 0 Å². The minimum atomic E-state index is -4.68. The van der Waals surface area contributed by atoms with Crippen molar-refractivity contribution in [3.63, 3.8) is 0 Å². The van der Waals surface area contributed by atoms with E-state index in [1.165, 1.54) is 6.92 Å². The van der Waals surface area contributed by atoms with Crippen molar-refractivity contribution in [2.75, 3.05) is 34.8 Å². The van der Waals surface area contributed by atoms with Gasteiger partial charge in [-0.15, -0.1) is 0 Å². The number of nitriles is 1. The lowest BCUT2D eigenvalue weighted by molar-refractivity contribution is -0.137. The SMILES string of the molecule is Cc1cc(C(F)(F)F)c(C#N)c(N2CCC[C@H]2C(=O)N2CCNc3c(C)cccc32)n1. The Morgan fingerprint density at radius 1 is 1.29 bits per heavy atom. The van der Waals surface area contributed by atoms with Gasteiger partial charge in [-0.05, 0) is 44.4 Å². The number of fused-ring (bicyclic) bond motifs is 1. The minimum Gasteiger partial charge on any atom is -0.381 e. The third-order valence-corrected chi connectivity index (χ3v) is 5.80. The number of halogens is 3. The zero-order chi connectivity index (χ0) is 22.3. The number of rotatable bonds is 2. The van der Waals surface area contributed by atoms with E-state index >= 15 is 0 Å². The molecule has 31 heavy (non-hydrogen) atoms. The van der Waals surface area contributed by atoms with E-state index in [-0.39, 0.29) is 17.4 Å². The van der Waals surface area contributed by atoms with Crippen LogP contribution in [-0.4, -0.2) is 36.6 Å². The topological polar surface area (TPSA) is 72.3 Å². The summed E-state index contributed by atoms with van der Waals surface area (Å²) in [6, 6.07) is 7.57. The Morgan fingerprint density at radius 2 is 2.06 bits per heavy atom. The fraction of sp³-hybridized carbons (Fsp3) is 0.409. The first-order valence-electron chi connectivity index (χ1n) is 10.1. The molecule has 9 heteroatoms. The first kappa shape index (κ1) is 21.0. The van der Waals surface area contributed by atoms with Crippen LogP contribution < -0.4 is 15.1 Å². The molecule has 1 aromatic carbocycles. The van der Waals surface area contributed by atoms with Crippen LogP contribution in [0, 0.1) is 25.2 Å². The molecule has 0 unspecified atom stereocenters. The highest BCUT2D eigenvalue weighted by molar-refractivity contribution is 6.03. The van der Waals surface area contributed by atoms with Gasteiger partial charge in [0.1, 0.15) is 23.5 Å². The number of alkyl halides is 3. The number of para-hydroxylation sites is 1. The van der Waals surface area contributed by atoms with Crippen molar-refractivity contribution in [2.24, 2.45) is 0 Å². The number of pyridine rings is 1. The van der Waals surface area contributed by atoms with E-state index in [1.54, 1.807) is 15.9 Å². The quantitative estimate of drug-likeness (QED) is 0.781. The Morgan fingerprint density at radius 3 is 2.77 bits per heavy atom. The summed E-state index contributed by atoms with van der Waals surface area (Å²) < 4.78 is 40.7. The number of nitrogens with one attached hydrogen (secondary N) is 1. The van der Waals surface area contributed by atoms with E-state index in [0.29, 0.717) is 32.5 Å². The number of aryl methyl sites for hydroxylation is 2. The maximum Gasteiger partial charge on any atom is 0.417 e. The maximum atomic E-state index is 13.6. The van der Waals surface area contributed by atoms with Crippen LogP contribution in [0.5, 0.6) is 0 Å². The van der Waals surface area contributed by atoms with Crippen LogP contribution in [-0.2, 0) is 11.0 Å². The summed E-state index contributed by atoms with van der Waals surface area (Å²) in [4.78, 5) is 21.1. The zero-order valence-electron chi connectivity index (χ0n) is 17.3. The molecule has 1 fully saturated rings. The molecule has 1 amide bonds. The van der Waals surface area contributed by atoms with Gasteiger partial charge in [-0.3, -0.25) is 4.79 Å². The Balaban J connectivity index is 1.74. The van der Waals surface area contributed by atoms with Gasteiger partial charge >= 0.3 is 6.18 Å². The summed E-state index contributed by atoms with van der Waals surface area (Å²) in [5.74, 6) is -0.253. The summed E-state index contributed by atoms with van der Waals surface area (Å²) in [5, 5.41) is 12.8. The van der Waals surface area contributed by atoms with Crippen LogP contribution in [0.25, 0.3) is 0 Å². The molecule has 0 bridgehead atoms. The first-order valence-corrected chi connectivity index (χ1v) is 10.1. The summed E-state index contributed by atoms with van der Waals surface area (Å²) in [7, 11) is 0.